The fraction of sp³-hybridized carbons (Fsp3) is 0.556. The molecule has 1 saturated heterocycles. The average molecular weight is 346 g/mol. The first-order valence-electron chi connectivity index (χ1n) is 8.58. The molecule has 2 unspecified atom stereocenters. The Kier molecular flexibility index (Phi) is 4.74. The van der Waals surface area contributed by atoms with Gasteiger partial charge in [-0.25, -0.2) is 0 Å². The van der Waals surface area contributed by atoms with Crippen LogP contribution >= 0.6 is 0 Å². The quantitative estimate of drug-likeness (QED) is 0.495. The number of imide groups is 1. The van der Waals surface area contributed by atoms with Crippen molar-refractivity contribution in [3.63, 3.8) is 0 Å². The molecule has 0 bridgehead atoms. The van der Waals surface area contributed by atoms with E-state index in [0.717, 1.165) is 23.4 Å². The fourth-order valence-electron chi connectivity index (χ4n) is 3.80. The van der Waals surface area contributed by atoms with E-state index in [1.54, 1.807) is 13.0 Å². The molecular weight excluding hydrogens is 324 g/mol. The lowest BCUT2D eigenvalue weighted by Gasteiger charge is -2.19. The Labute approximate surface area is 145 Å². The van der Waals surface area contributed by atoms with Crippen molar-refractivity contribution in [3.05, 3.63) is 23.0 Å². The van der Waals surface area contributed by atoms with Crippen LogP contribution in [0.1, 0.15) is 47.4 Å². The third-order valence-corrected chi connectivity index (χ3v) is 5.03. The minimum absolute atomic E-state index is 0.282. The van der Waals surface area contributed by atoms with E-state index < -0.39 is 19.1 Å². The number of hydrogen-bond donors (Lipinski definition) is 1. The second-order valence-electron chi connectivity index (χ2n) is 6.83. The Bertz CT molecular complexity index is 712. The van der Waals surface area contributed by atoms with Gasteiger partial charge in [0.15, 0.2) is 6.61 Å². The number of ketones is 1. The molecule has 7 nitrogen and oxygen atoms in total. The fourth-order valence-corrected chi connectivity index (χ4v) is 3.80. The zero-order valence-corrected chi connectivity index (χ0v) is 14.5. The summed E-state index contributed by atoms with van der Waals surface area (Å²) in [7, 11) is 0. The van der Waals surface area contributed by atoms with Crippen LogP contribution in [-0.2, 0) is 19.1 Å². The molecule has 1 aliphatic heterocycles. The molecule has 3 rings (SSSR count). The Morgan fingerprint density at radius 2 is 1.76 bits per heavy atom. The molecule has 0 aromatic carbocycles. The van der Waals surface area contributed by atoms with E-state index in [1.807, 2.05) is 6.92 Å². The molecule has 1 N–H and O–H groups in total. The van der Waals surface area contributed by atoms with Gasteiger partial charge in [0.1, 0.15) is 6.54 Å². The van der Waals surface area contributed by atoms with Gasteiger partial charge in [-0.3, -0.25) is 24.1 Å². The highest BCUT2D eigenvalue weighted by molar-refractivity contribution is 6.07. The average Bonchev–Trinajstić information content (AvgIpc) is 3.05. The molecule has 2 heterocycles. The third kappa shape index (κ3) is 3.36. The van der Waals surface area contributed by atoms with Crippen molar-refractivity contribution in [2.24, 2.45) is 11.8 Å². The molecule has 1 aromatic heterocycles. The summed E-state index contributed by atoms with van der Waals surface area (Å²) in [5.74, 6) is -2.20. The topological polar surface area (TPSA) is 96.5 Å². The summed E-state index contributed by atoms with van der Waals surface area (Å²) in [5, 5.41) is 0. The van der Waals surface area contributed by atoms with E-state index in [2.05, 4.69) is 4.98 Å². The standard InChI is InChI=1S/C18H22N2O5/c1-10-7-14(11(2)19-10)15(21)9-25-16(22)8-20-17(23)12-5-3-4-6-13(12)18(20)24/h7,12-13,19H,3-6,8-9H2,1-2H3. The Hall–Kier alpha value is -2.44. The molecule has 134 valence electrons. The molecule has 7 heteroatoms. The number of carbonyl (C=O) groups excluding carboxylic acids is 4. The highest BCUT2D eigenvalue weighted by Crippen LogP contribution is 2.37. The van der Waals surface area contributed by atoms with Crippen LogP contribution in [0.5, 0.6) is 0 Å². The number of aryl methyl sites for hydroxylation is 2. The van der Waals surface area contributed by atoms with Crippen LogP contribution in [0.3, 0.4) is 0 Å². The molecule has 1 aliphatic carbocycles. The zero-order valence-electron chi connectivity index (χ0n) is 14.5. The van der Waals surface area contributed by atoms with Gasteiger partial charge in [-0.15, -0.1) is 0 Å². The molecule has 2 atom stereocenters. The summed E-state index contributed by atoms with van der Waals surface area (Å²) in [6.07, 6.45) is 3.27. The van der Waals surface area contributed by atoms with Gasteiger partial charge in [-0.2, -0.15) is 0 Å². The van der Waals surface area contributed by atoms with Crippen LogP contribution in [-0.4, -0.2) is 46.6 Å². The van der Waals surface area contributed by atoms with Crippen LogP contribution in [0.15, 0.2) is 6.07 Å². The molecule has 25 heavy (non-hydrogen) atoms. The predicted molar refractivity (Wildman–Crippen MR) is 87.7 cm³/mol. The van der Waals surface area contributed by atoms with Gasteiger partial charge in [0.25, 0.3) is 0 Å². The first-order chi connectivity index (χ1) is 11.9. The van der Waals surface area contributed by atoms with Crippen LogP contribution in [0.4, 0.5) is 0 Å². The Morgan fingerprint density at radius 3 is 2.28 bits per heavy atom. The maximum atomic E-state index is 12.3. The van der Waals surface area contributed by atoms with E-state index >= 15 is 0 Å². The van der Waals surface area contributed by atoms with Gasteiger partial charge in [0.2, 0.25) is 17.6 Å². The molecule has 0 spiro atoms. The summed E-state index contributed by atoms with van der Waals surface area (Å²) in [6.45, 7) is 2.79. The second-order valence-corrected chi connectivity index (χ2v) is 6.83. The minimum atomic E-state index is -0.737. The van der Waals surface area contributed by atoms with Crippen molar-refractivity contribution < 1.29 is 23.9 Å². The second kappa shape index (κ2) is 6.82. The van der Waals surface area contributed by atoms with Crippen molar-refractivity contribution in [1.82, 2.24) is 9.88 Å². The van der Waals surface area contributed by atoms with Gasteiger partial charge in [0, 0.05) is 17.0 Å². The molecule has 0 radical (unpaired) electrons. The molecule has 1 aromatic rings. The van der Waals surface area contributed by atoms with E-state index in [1.165, 1.54) is 0 Å². The van der Waals surface area contributed by atoms with Gasteiger partial charge in [-0.05, 0) is 32.8 Å². The number of aromatic amines is 1. The number of ether oxygens (including phenoxy) is 1. The van der Waals surface area contributed by atoms with E-state index in [0.29, 0.717) is 24.1 Å². The van der Waals surface area contributed by atoms with Crippen LogP contribution in [0, 0.1) is 25.7 Å². The molecule has 2 aliphatic rings. The number of nitrogens with one attached hydrogen (secondary N) is 1. The number of carbonyl (C=O) groups is 4. The van der Waals surface area contributed by atoms with Gasteiger partial charge in [0.05, 0.1) is 11.8 Å². The molecule has 1 saturated carbocycles. The smallest absolute Gasteiger partial charge is 0.326 e. The van der Waals surface area contributed by atoms with Gasteiger partial charge < -0.3 is 9.72 Å². The highest BCUT2D eigenvalue weighted by Gasteiger charge is 2.48. The number of H-pyrrole nitrogens is 1. The highest BCUT2D eigenvalue weighted by atomic mass is 16.5. The van der Waals surface area contributed by atoms with Crippen molar-refractivity contribution in [3.8, 4) is 0 Å². The maximum Gasteiger partial charge on any atom is 0.326 e. The van der Waals surface area contributed by atoms with Crippen molar-refractivity contribution in [2.45, 2.75) is 39.5 Å². The number of rotatable bonds is 5. The summed E-state index contributed by atoms with van der Waals surface area (Å²) < 4.78 is 4.99. The Balaban J connectivity index is 1.56. The Morgan fingerprint density at radius 1 is 1.16 bits per heavy atom. The molecular formula is C18H22N2O5. The van der Waals surface area contributed by atoms with Gasteiger partial charge >= 0.3 is 5.97 Å². The number of aromatic nitrogens is 1. The maximum absolute atomic E-state index is 12.3. The number of nitrogens with zero attached hydrogens (tertiary/aromatic N) is 1. The first-order valence-corrected chi connectivity index (χ1v) is 8.58. The number of amides is 2. The lowest BCUT2D eigenvalue weighted by Crippen LogP contribution is -2.37. The number of fused-ring (bicyclic) bond motifs is 1. The zero-order chi connectivity index (χ0) is 18.1. The summed E-state index contributed by atoms with van der Waals surface area (Å²) in [6, 6.07) is 1.70. The van der Waals surface area contributed by atoms with Crippen LogP contribution in [0.2, 0.25) is 0 Å². The third-order valence-electron chi connectivity index (χ3n) is 5.03. The normalized spacial score (nSPS) is 22.9. The van der Waals surface area contributed by atoms with Crippen LogP contribution < -0.4 is 0 Å². The first kappa shape index (κ1) is 17.4. The largest absolute Gasteiger partial charge is 0.456 e. The van der Waals surface area contributed by atoms with E-state index in [4.69, 9.17) is 4.74 Å². The van der Waals surface area contributed by atoms with Crippen molar-refractivity contribution in [1.29, 1.82) is 0 Å². The monoisotopic (exact) mass is 346 g/mol. The molecule has 2 amide bonds. The number of esters is 1. The minimum Gasteiger partial charge on any atom is -0.456 e. The molecule has 2 fully saturated rings. The lowest BCUT2D eigenvalue weighted by atomic mass is 9.81. The SMILES string of the molecule is Cc1cc(C(=O)COC(=O)CN2C(=O)C3CCCCC3C2=O)c(C)[nH]1. The van der Waals surface area contributed by atoms with Crippen LogP contribution in [0.25, 0.3) is 0 Å². The van der Waals surface area contributed by atoms with Crippen molar-refractivity contribution in [2.75, 3.05) is 13.2 Å². The van der Waals surface area contributed by atoms with E-state index in [-0.39, 0.29) is 29.4 Å². The number of likely N-dealkylation sites (tertiary alicyclic amines) is 1. The van der Waals surface area contributed by atoms with E-state index in [9.17, 15) is 19.2 Å². The predicted octanol–water partition coefficient (Wildman–Crippen LogP) is 1.53. The summed E-state index contributed by atoms with van der Waals surface area (Å²) in [4.78, 5) is 52.8. The summed E-state index contributed by atoms with van der Waals surface area (Å²) in [5.41, 5.74) is 2.04. The summed E-state index contributed by atoms with van der Waals surface area (Å²) >= 11 is 0. The van der Waals surface area contributed by atoms with Crippen molar-refractivity contribution >= 4 is 23.6 Å². The van der Waals surface area contributed by atoms with Gasteiger partial charge in [-0.1, -0.05) is 12.8 Å². The number of Topliss-reactive ketones (excluding diaryl/α,β-unsaturated/α-hetero) is 1. The number of hydrogen-bond acceptors (Lipinski definition) is 5. The lowest BCUT2D eigenvalue weighted by molar-refractivity contribution is -0.152.